The van der Waals surface area contributed by atoms with Crippen LogP contribution >= 0.6 is 30.8 Å². The van der Waals surface area contributed by atoms with Crippen molar-refractivity contribution in [2.24, 2.45) is 0 Å². The average molecular weight is 594 g/mol. The summed E-state index contributed by atoms with van der Waals surface area (Å²) in [4.78, 5) is -1.39. The molecule has 11 heteroatoms. The number of hydrogen-bond donors (Lipinski definition) is 0. The number of hydrogen-bond acceptors (Lipinski definition) is 7. The quantitative estimate of drug-likeness (QED) is 0.161. The summed E-state index contributed by atoms with van der Waals surface area (Å²) in [6.45, 7) is 3.47. The fourth-order valence-electron chi connectivity index (χ4n) is 4.36. The van der Waals surface area contributed by atoms with Crippen LogP contribution in [0.4, 0.5) is 0 Å². The molecule has 1 aliphatic rings. The van der Waals surface area contributed by atoms with E-state index in [1.165, 1.54) is 0 Å². The third kappa shape index (κ3) is 8.96. The van der Waals surface area contributed by atoms with E-state index in [2.05, 4.69) is 0 Å². The Kier molecular flexibility index (Phi) is 11.8. The zero-order valence-corrected chi connectivity index (χ0v) is 24.5. The predicted molar refractivity (Wildman–Crippen MR) is 147 cm³/mol. The molecule has 1 unspecified atom stereocenters. The van der Waals surface area contributed by atoms with Gasteiger partial charge in [0.2, 0.25) is 0 Å². The first-order valence-electron chi connectivity index (χ1n) is 12.7. The van der Waals surface area contributed by atoms with Crippen molar-refractivity contribution < 1.29 is 31.0 Å². The minimum atomic E-state index is -4.20. The van der Waals surface area contributed by atoms with Crippen LogP contribution in [0.3, 0.4) is 0 Å². The molecule has 0 heterocycles. The summed E-state index contributed by atoms with van der Waals surface area (Å²) in [5, 5.41) is 0.835. The highest BCUT2D eigenvalue weighted by atomic mass is 35.5. The molecule has 1 atom stereocenters. The minimum absolute atomic E-state index is 0.0703. The van der Waals surface area contributed by atoms with Gasteiger partial charge in [0, 0.05) is 6.07 Å². The van der Waals surface area contributed by atoms with Crippen molar-refractivity contribution in [3.63, 3.8) is 0 Å². The predicted octanol–water partition coefficient (Wildman–Crippen LogP) is 8.38. The summed E-state index contributed by atoms with van der Waals surface area (Å²) < 4.78 is 62.7. The van der Waals surface area contributed by atoms with E-state index in [4.69, 9.17) is 41.2 Å². The molecule has 0 spiro atoms. The van der Waals surface area contributed by atoms with Crippen LogP contribution in [0.5, 0.6) is 11.5 Å². The lowest BCUT2D eigenvalue weighted by Crippen LogP contribution is -2.31. The van der Waals surface area contributed by atoms with Gasteiger partial charge in [0.25, 0.3) is 10.1 Å². The van der Waals surface area contributed by atoms with E-state index in [0.29, 0.717) is 47.2 Å². The molecule has 0 amide bonds. The molecule has 0 saturated heterocycles. The number of ether oxygens (including phenoxy) is 1. The van der Waals surface area contributed by atoms with Crippen LogP contribution in [0.25, 0.3) is 0 Å². The smallest absolute Gasteiger partial charge is 0.351 e. The Bertz CT molecular complexity index is 1160. The number of halogens is 2. The van der Waals surface area contributed by atoms with E-state index < -0.39 is 28.8 Å². The molecule has 0 aliphatic heterocycles. The van der Waals surface area contributed by atoms with Gasteiger partial charge in [-0.1, -0.05) is 54.6 Å². The maximum absolute atomic E-state index is 13.6. The average Bonchev–Trinajstić information content (AvgIpc) is 2.85. The molecular weight excluding hydrogens is 558 g/mol. The van der Waals surface area contributed by atoms with E-state index in [0.717, 1.165) is 24.8 Å². The molecule has 206 valence electrons. The van der Waals surface area contributed by atoms with E-state index in [-0.39, 0.29) is 19.6 Å². The molecule has 1 saturated carbocycles. The lowest BCUT2D eigenvalue weighted by Gasteiger charge is -2.28. The molecule has 2 aromatic carbocycles. The van der Waals surface area contributed by atoms with Gasteiger partial charge in [0.15, 0.2) is 4.99 Å². The first-order chi connectivity index (χ1) is 17.7. The van der Waals surface area contributed by atoms with Crippen LogP contribution in [0.1, 0.15) is 64.4 Å². The highest BCUT2D eigenvalue weighted by molar-refractivity contribution is 7.94. The maximum Gasteiger partial charge on any atom is 0.351 e. The van der Waals surface area contributed by atoms with Crippen LogP contribution in [-0.4, -0.2) is 32.7 Å². The summed E-state index contributed by atoms with van der Waals surface area (Å²) in [5.74, 6) is 1.15. The molecule has 1 fully saturated rings. The number of aryl methyl sites for hydroxylation is 1. The SMILES string of the molecule is CCOP(=O)(OCC)C(CCCc1cccc(Oc2ccc(Cl)c(Cl)c2)c1)S(=O)(=O)OC1CCCCC1. The summed E-state index contributed by atoms with van der Waals surface area (Å²) in [7, 11) is -8.16. The van der Waals surface area contributed by atoms with Gasteiger partial charge in [-0.25, -0.2) is 0 Å². The number of benzene rings is 2. The van der Waals surface area contributed by atoms with Crippen LogP contribution in [0.15, 0.2) is 42.5 Å². The summed E-state index contributed by atoms with van der Waals surface area (Å²) >= 11 is 12.0. The van der Waals surface area contributed by atoms with Crippen molar-refractivity contribution in [3.05, 3.63) is 58.1 Å². The molecule has 3 rings (SSSR count). The molecule has 0 N–H and O–H groups in total. The van der Waals surface area contributed by atoms with Gasteiger partial charge >= 0.3 is 7.60 Å². The molecule has 7 nitrogen and oxygen atoms in total. The van der Waals surface area contributed by atoms with Crippen molar-refractivity contribution in [1.29, 1.82) is 0 Å². The van der Waals surface area contributed by atoms with E-state index in [1.807, 2.05) is 24.3 Å². The fraction of sp³-hybridized carbons (Fsp3) is 0.538. The van der Waals surface area contributed by atoms with Gasteiger partial charge in [-0.2, -0.15) is 8.42 Å². The molecule has 2 aromatic rings. The Hall–Kier alpha value is -1.12. The normalized spacial score (nSPS) is 16.0. The van der Waals surface area contributed by atoms with E-state index in [1.54, 1.807) is 32.0 Å². The van der Waals surface area contributed by atoms with Crippen molar-refractivity contribution in [3.8, 4) is 11.5 Å². The molecule has 0 radical (unpaired) electrons. The lowest BCUT2D eigenvalue weighted by molar-refractivity contribution is 0.158. The molecular formula is C26H35Cl2O7PS. The first-order valence-corrected chi connectivity index (χ1v) is 16.5. The Morgan fingerprint density at radius 3 is 2.27 bits per heavy atom. The van der Waals surface area contributed by atoms with Gasteiger partial charge in [0.1, 0.15) is 11.5 Å². The minimum Gasteiger partial charge on any atom is -0.457 e. The maximum atomic E-state index is 13.6. The second-order valence-corrected chi connectivity index (χ2v) is 14.0. The first kappa shape index (κ1) is 30.4. The third-order valence-corrected chi connectivity index (χ3v) is 12.0. The Morgan fingerprint density at radius 1 is 0.946 bits per heavy atom. The fourth-order valence-corrected chi connectivity index (χ4v) is 9.21. The molecule has 0 bridgehead atoms. The lowest BCUT2D eigenvalue weighted by atomic mass is 9.98. The summed E-state index contributed by atoms with van der Waals surface area (Å²) in [6, 6.07) is 12.5. The summed E-state index contributed by atoms with van der Waals surface area (Å²) in [6.07, 6.45) is 4.88. The topological polar surface area (TPSA) is 88.1 Å². The second-order valence-electron chi connectivity index (χ2n) is 8.90. The second kappa shape index (κ2) is 14.3. The zero-order valence-electron chi connectivity index (χ0n) is 21.2. The third-order valence-electron chi connectivity index (χ3n) is 6.07. The largest absolute Gasteiger partial charge is 0.457 e. The number of rotatable bonds is 14. The van der Waals surface area contributed by atoms with Gasteiger partial charge in [-0.15, -0.1) is 0 Å². The van der Waals surface area contributed by atoms with Crippen molar-refractivity contribution in [1.82, 2.24) is 0 Å². The Labute approximate surface area is 230 Å². The zero-order chi connectivity index (χ0) is 26.9. The van der Waals surface area contributed by atoms with Crippen molar-refractivity contribution >= 4 is 40.9 Å². The highest BCUT2D eigenvalue weighted by Gasteiger charge is 2.46. The van der Waals surface area contributed by atoms with Crippen LogP contribution < -0.4 is 4.74 Å². The molecule has 0 aromatic heterocycles. The summed E-state index contributed by atoms with van der Waals surface area (Å²) in [5.41, 5.74) is 0.935. The van der Waals surface area contributed by atoms with E-state index in [9.17, 15) is 13.0 Å². The van der Waals surface area contributed by atoms with Crippen molar-refractivity contribution in [2.75, 3.05) is 13.2 Å². The Morgan fingerprint density at radius 2 is 1.62 bits per heavy atom. The van der Waals surface area contributed by atoms with Gasteiger partial charge < -0.3 is 13.8 Å². The Balaban J connectivity index is 1.72. The van der Waals surface area contributed by atoms with Gasteiger partial charge in [-0.3, -0.25) is 8.75 Å². The van der Waals surface area contributed by atoms with Gasteiger partial charge in [0.05, 0.1) is 29.4 Å². The molecule has 37 heavy (non-hydrogen) atoms. The highest BCUT2D eigenvalue weighted by Crippen LogP contribution is 2.57. The van der Waals surface area contributed by atoms with Crippen LogP contribution in [-0.2, 0) is 34.3 Å². The van der Waals surface area contributed by atoms with Crippen LogP contribution in [0, 0.1) is 0 Å². The molecule has 1 aliphatic carbocycles. The van der Waals surface area contributed by atoms with Crippen LogP contribution in [0.2, 0.25) is 10.0 Å². The standard InChI is InChI=1S/C26H35Cl2O7PS/c1-3-32-36(29,33-4-2)26(37(30,31)35-21-12-6-5-7-13-21)15-9-11-20-10-8-14-22(18-20)34-23-16-17-24(27)25(28)19-23/h8,10,14,16-19,21,26H,3-7,9,11-13,15H2,1-2H3. The van der Waals surface area contributed by atoms with E-state index >= 15 is 0 Å². The van der Waals surface area contributed by atoms with Gasteiger partial charge in [-0.05, 0) is 75.8 Å². The monoisotopic (exact) mass is 592 g/mol. The van der Waals surface area contributed by atoms with Crippen molar-refractivity contribution in [2.45, 2.75) is 76.3 Å².